The molecule has 0 fully saturated rings. The summed E-state index contributed by atoms with van der Waals surface area (Å²) in [5, 5.41) is 11.5. The van der Waals surface area contributed by atoms with E-state index >= 15 is 0 Å². The SMILES string of the molecule is CC[C@H](CO)NC(=O)c1ccc(=O)oc1. The number of aliphatic hydroxyl groups is 1. The number of hydrogen-bond acceptors (Lipinski definition) is 4. The molecule has 15 heavy (non-hydrogen) atoms. The first kappa shape index (κ1) is 11.5. The van der Waals surface area contributed by atoms with Crippen LogP contribution in [0.3, 0.4) is 0 Å². The van der Waals surface area contributed by atoms with Crippen molar-refractivity contribution >= 4 is 5.91 Å². The summed E-state index contributed by atoms with van der Waals surface area (Å²) in [4.78, 5) is 22.1. The zero-order valence-corrected chi connectivity index (χ0v) is 8.40. The van der Waals surface area contributed by atoms with Crippen LogP contribution in [0.25, 0.3) is 0 Å². The van der Waals surface area contributed by atoms with Crippen molar-refractivity contribution in [1.82, 2.24) is 5.32 Å². The fourth-order valence-electron chi connectivity index (χ4n) is 1.03. The minimum Gasteiger partial charge on any atom is -0.430 e. The van der Waals surface area contributed by atoms with Crippen LogP contribution in [0.1, 0.15) is 23.7 Å². The average Bonchev–Trinajstić information content (AvgIpc) is 2.26. The maximum atomic E-state index is 11.5. The van der Waals surface area contributed by atoms with E-state index in [1.54, 1.807) is 0 Å². The van der Waals surface area contributed by atoms with Crippen LogP contribution >= 0.6 is 0 Å². The normalized spacial score (nSPS) is 12.1. The zero-order chi connectivity index (χ0) is 11.3. The van der Waals surface area contributed by atoms with E-state index in [0.717, 1.165) is 6.26 Å². The van der Waals surface area contributed by atoms with Crippen LogP contribution < -0.4 is 10.9 Å². The summed E-state index contributed by atoms with van der Waals surface area (Å²) >= 11 is 0. The van der Waals surface area contributed by atoms with Crippen molar-refractivity contribution in [2.24, 2.45) is 0 Å². The van der Waals surface area contributed by atoms with E-state index in [9.17, 15) is 9.59 Å². The van der Waals surface area contributed by atoms with E-state index in [0.29, 0.717) is 6.42 Å². The number of nitrogens with one attached hydrogen (secondary N) is 1. The van der Waals surface area contributed by atoms with Crippen LogP contribution in [0.2, 0.25) is 0 Å². The molecule has 1 aromatic heterocycles. The molecule has 5 nitrogen and oxygen atoms in total. The lowest BCUT2D eigenvalue weighted by atomic mass is 10.2. The molecule has 1 heterocycles. The van der Waals surface area contributed by atoms with Gasteiger partial charge >= 0.3 is 5.63 Å². The first-order chi connectivity index (χ1) is 7.17. The van der Waals surface area contributed by atoms with Crippen LogP contribution in [0.5, 0.6) is 0 Å². The molecule has 2 N–H and O–H groups in total. The van der Waals surface area contributed by atoms with Gasteiger partial charge in [-0.2, -0.15) is 0 Å². The van der Waals surface area contributed by atoms with Gasteiger partial charge in [0, 0.05) is 6.07 Å². The van der Waals surface area contributed by atoms with Gasteiger partial charge in [0.25, 0.3) is 5.91 Å². The second-order valence-corrected chi connectivity index (χ2v) is 3.10. The Morgan fingerprint density at radius 2 is 2.33 bits per heavy atom. The summed E-state index contributed by atoms with van der Waals surface area (Å²) in [6, 6.07) is 2.28. The number of amides is 1. The Balaban J connectivity index is 2.68. The quantitative estimate of drug-likeness (QED) is 0.742. The summed E-state index contributed by atoms with van der Waals surface area (Å²) in [5.41, 5.74) is -0.234. The van der Waals surface area contributed by atoms with Crippen molar-refractivity contribution < 1.29 is 14.3 Å². The van der Waals surface area contributed by atoms with Crippen LogP contribution in [0, 0.1) is 0 Å². The Bertz CT molecular complexity index is 361. The molecule has 0 bridgehead atoms. The first-order valence-electron chi connectivity index (χ1n) is 4.68. The molecule has 1 rings (SSSR count). The maximum Gasteiger partial charge on any atom is 0.335 e. The summed E-state index contributed by atoms with van der Waals surface area (Å²) in [6.45, 7) is 1.74. The van der Waals surface area contributed by atoms with E-state index < -0.39 is 5.63 Å². The number of carbonyl (C=O) groups excluding carboxylic acids is 1. The third kappa shape index (κ3) is 3.21. The van der Waals surface area contributed by atoms with E-state index in [4.69, 9.17) is 5.11 Å². The predicted octanol–water partition coefficient (Wildman–Crippen LogP) is 0.141. The van der Waals surface area contributed by atoms with E-state index in [-0.39, 0.29) is 24.1 Å². The highest BCUT2D eigenvalue weighted by atomic mass is 16.4. The first-order valence-corrected chi connectivity index (χ1v) is 4.68. The Morgan fingerprint density at radius 3 is 2.80 bits per heavy atom. The lowest BCUT2D eigenvalue weighted by molar-refractivity contribution is 0.0912. The van der Waals surface area contributed by atoms with Gasteiger partial charge in [-0.15, -0.1) is 0 Å². The molecular formula is C10H13NO4. The minimum atomic E-state index is -0.499. The molecule has 1 aromatic rings. The summed E-state index contributed by atoms with van der Waals surface area (Å²) in [7, 11) is 0. The zero-order valence-electron chi connectivity index (χ0n) is 8.40. The van der Waals surface area contributed by atoms with Gasteiger partial charge in [0.1, 0.15) is 6.26 Å². The van der Waals surface area contributed by atoms with Crippen LogP contribution in [-0.4, -0.2) is 23.7 Å². The Hall–Kier alpha value is -1.62. The molecule has 0 aliphatic rings. The van der Waals surface area contributed by atoms with E-state index in [2.05, 4.69) is 9.73 Å². The van der Waals surface area contributed by atoms with Crippen molar-refractivity contribution in [2.45, 2.75) is 19.4 Å². The Kier molecular flexibility index (Phi) is 4.05. The highest BCUT2D eigenvalue weighted by Gasteiger charge is 2.11. The molecule has 0 radical (unpaired) electrons. The average molecular weight is 211 g/mol. The van der Waals surface area contributed by atoms with Crippen LogP contribution in [0.4, 0.5) is 0 Å². The molecule has 0 aliphatic carbocycles. The molecule has 0 aliphatic heterocycles. The van der Waals surface area contributed by atoms with Crippen molar-refractivity contribution in [1.29, 1.82) is 0 Å². The largest absolute Gasteiger partial charge is 0.430 e. The Morgan fingerprint density at radius 1 is 1.60 bits per heavy atom. The molecule has 0 spiro atoms. The smallest absolute Gasteiger partial charge is 0.335 e. The monoisotopic (exact) mass is 211 g/mol. The lowest BCUT2D eigenvalue weighted by Gasteiger charge is -2.13. The molecule has 0 unspecified atom stereocenters. The van der Waals surface area contributed by atoms with Crippen LogP contribution in [-0.2, 0) is 0 Å². The van der Waals surface area contributed by atoms with E-state index in [1.165, 1.54) is 12.1 Å². The van der Waals surface area contributed by atoms with Crippen molar-refractivity contribution in [3.63, 3.8) is 0 Å². The molecule has 5 heteroatoms. The lowest BCUT2D eigenvalue weighted by Crippen LogP contribution is -2.36. The number of aliphatic hydroxyl groups excluding tert-OH is 1. The van der Waals surface area contributed by atoms with Crippen molar-refractivity contribution in [3.8, 4) is 0 Å². The van der Waals surface area contributed by atoms with Gasteiger partial charge in [0.05, 0.1) is 18.2 Å². The summed E-state index contributed by atoms with van der Waals surface area (Å²) in [6.07, 6.45) is 1.74. The van der Waals surface area contributed by atoms with Gasteiger partial charge in [-0.3, -0.25) is 4.79 Å². The number of carbonyl (C=O) groups is 1. The van der Waals surface area contributed by atoms with Gasteiger partial charge in [-0.25, -0.2) is 4.79 Å². The van der Waals surface area contributed by atoms with Crippen molar-refractivity contribution in [2.75, 3.05) is 6.61 Å². The highest BCUT2D eigenvalue weighted by Crippen LogP contribution is 1.97. The fourth-order valence-corrected chi connectivity index (χ4v) is 1.03. The van der Waals surface area contributed by atoms with Gasteiger partial charge in [0.2, 0.25) is 0 Å². The molecule has 1 atom stereocenters. The molecule has 82 valence electrons. The predicted molar refractivity (Wildman–Crippen MR) is 53.6 cm³/mol. The van der Waals surface area contributed by atoms with Gasteiger partial charge in [0.15, 0.2) is 0 Å². The summed E-state index contributed by atoms with van der Waals surface area (Å²) < 4.78 is 4.55. The topological polar surface area (TPSA) is 79.5 Å². The third-order valence-corrected chi connectivity index (χ3v) is 2.01. The minimum absolute atomic E-state index is 0.112. The fraction of sp³-hybridized carbons (Fsp3) is 0.400. The number of rotatable bonds is 4. The molecular weight excluding hydrogens is 198 g/mol. The standard InChI is InChI=1S/C10H13NO4/c1-2-8(5-12)11-10(14)7-3-4-9(13)15-6-7/h3-4,6,8,12H,2,5H2,1H3,(H,11,14)/t8-/m1/s1. The molecule has 1 amide bonds. The van der Waals surface area contributed by atoms with Gasteiger partial charge < -0.3 is 14.8 Å². The Labute approximate surface area is 86.7 Å². The van der Waals surface area contributed by atoms with E-state index in [1.807, 2.05) is 6.92 Å². The third-order valence-electron chi connectivity index (χ3n) is 2.01. The second kappa shape index (κ2) is 5.31. The van der Waals surface area contributed by atoms with Gasteiger partial charge in [-0.1, -0.05) is 6.92 Å². The molecule has 0 saturated heterocycles. The number of hydrogen-bond donors (Lipinski definition) is 2. The van der Waals surface area contributed by atoms with Crippen molar-refractivity contribution in [3.05, 3.63) is 34.4 Å². The maximum absolute atomic E-state index is 11.5. The van der Waals surface area contributed by atoms with Gasteiger partial charge in [-0.05, 0) is 12.5 Å². The van der Waals surface area contributed by atoms with Crippen LogP contribution in [0.15, 0.2) is 27.6 Å². The molecule has 0 saturated carbocycles. The second-order valence-electron chi connectivity index (χ2n) is 3.10. The highest BCUT2D eigenvalue weighted by molar-refractivity contribution is 5.93. The summed E-state index contributed by atoms with van der Waals surface area (Å²) in [5.74, 6) is -0.361. The molecule has 0 aromatic carbocycles.